The number of aliphatic carboxylic acids is 1. The first-order valence-corrected chi connectivity index (χ1v) is 7.99. The van der Waals surface area contributed by atoms with E-state index in [1.165, 1.54) is 0 Å². The third-order valence-electron chi connectivity index (χ3n) is 4.24. The SMILES string of the molecule is CC(C)N(CC(=O)O)CC(=O)N(C)C(C)c1cc2ccccc2o1. The molecule has 1 unspecified atom stereocenters. The van der Waals surface area contributed by atoms with E-state index in [0.717, 1.165) is 11.0 Å². The number of carbonyl (C=O) groups excluding carboxylic acids is 1. The predicted octanol–water partition coefficient (Wildman–Crippen LogP) is 2.75. The summed E-state index contributed by atoms with van der Waals surface area (Å²) in [6.07, 6.45) is 0. The average Bonchev–Trinajstić information content (AvgIpc) is 2.96. The van der Waals surface area contributed by atoms with Crippen molar-refractivity contribution >= 4 is 22.8 Å². The molecule has 0 fully saturated rings. The summed E-state index contributed by atoms with van der Waals surface area (Å²) in [7, 11) is 1.71. The van der Waals surface area contributed by atoms with Crippen molar-refractivity contribution in [3.8, 4) is 0 Å². The number of furan rings is 1. The number of benzene rings is 1. The molecule has 24 heavy (non-hydrogen) atoms. The Labute approximate surface area is 141 Å². The molecule has 1 amide bonds. The summed E-state index contributed by atoms with van der Waals surface area (Å²) in [5.74, 6) is -0.372. The normalized spacial score (nSPS) is 12.8. The smallest absolute Gasteiger partial charge is 0.317 e. The van der Waals surface area contributed by atoms with E-state index in [4.69, 9.17) is 9.52 Å². The maximum absolute atomic E-state index is 12.5. The van der Waals surface area contributed by atoms with Crippen LogP contribution in [-0.4, -0.2) is 53.0 Å². The summed E-state index contributed by atoms with van der Waals surface area (Å²) >= 11 is 0. The van der Waals surface area contributed by atoms with Gasteiger partial charge >= 0.3 is 5.97 Å². The minimum absolute atomic E-state index is 0.0278. The Morgan fingerprint density at radius 1 is 1.17 bits per heavy atom. The molecule has 1 heterocycles. The summed E-state index contributed by atoms with van der Waals surface area (Å²) in [4.78, 5) is 26.7. The number of carbonyl (C=O) groups is 2. The van der Waals surface area contributed by atoms with Crippen LogP contribution in [0.2, 0.25) is 0 Å². The number of nitrogens with zero attached hydrogens (tertiary/aromatic N) is 2. The molecule has 0 aliphatic rings. The molecule has 0 bridgehead atoms. The van der Waals surface area contributed by atoms with Gasteiger partial charge in [-0.2, -0.15) is 0 Å². The molecule has 1 atom stereocenters. The van der Waals surface area contributed by atoms with E-state index in [0.29, 0.717) is 5.76 Å². The number of carboxylic acids is 1. The lowest BCUT2D eigenvalue weighted by Crippen LogP contribution is -2.44. The van der Waals surface area contributed by atoms with Crippen LogP contribution in [-0.2, 0) is 9.59 Å². The van der Waals surface area contributed by atoms with Gasteiger partial charge in [-0.25, -0.2) is 0 Å². The fourth-order valence-corrected chi connectivity index (χ4v) is 2.50. The number of para-hydroxylation sites is 1. The summed E-state index contributed by atoms with van der Waals surface area (Å²) in [5.41, 5.74) is 0.787. The van der Waals surface area contributed by atoms with E-state index in [1.807, 2.05) is 51.1 Å². The predicted molar refractivity (Wildman–Crippen MR) is 91.7 cm³/mol. The summed E-state index contributed by atoms with van der Waals surface area (Å²) in [5, 5.41) is 9.97. The molecule has 1 aromatic carbocycles. The highest BCUT2D eigenvalue weighted by molar-refractivity contribution is 5.80. The number of hydrogen-bond donors (Lipinski definition) is 1. The monoisotopic (exact) mass is 332 g/mol. The van der Waals surface area contributed by atoms with Crippen LogP contribution in [0.3, 0.4) is 0 Å². The van der Waals surface area contributed by atoms with Crippen molar-refractivity contribution in [2.75, 3.05) is 20.1 Å². The van der Waals surface area contributed by atoms with Gasteiger partial charge in [0.2, 0.25) is 5.91 Å². The van der Waals surface area contributed by atoms with Gasteiger partial charge < -0.3 is 14.4 Å². The molecule has 0 aliphatic heterocycles. The number of fused-ring (bicyclic) bond motifs is 1. The Morgan fingerprint density at radius 2 is 1.83 bits per heavy atom. The Kier molecular flexibility index (Phi) is 5.62. The molecule has 2 aromatic rings. The molecule has 0 spiro atoms. The maximum atomic E-state index is 12.5. The molecule has 0 saturated heterocycles. The standard InChI is InChI=1S/C18H24N2O4/c1-12(2)20(11-18(22)23)10-17(21)19(4)13(3)16-9-14-7-5-6-8-15(14)24-16/h5-9,12-13H,10-11H2,1-4H3,(H,22,23). The summed E-state index contributed by atoms with van der Waals surface area (Å²) in [6.45, 7) is 5.55. The van der Waals surface area contributed by atoms with Crippen molar-refractivity contribution in [2.24, 2.45) is 0 Å². The molecular weight excluding hydrogens is 308 g/mol. The van der Waals surface area contributed by atoms with Crippen LogP contribution < -0.4 is 0 Å². The molecule has 130 valence electrons. The minimum atomic E-state index is -0.940. The second kappa shape index (κ2) is 7.49. The number of hydrogen-bond acceptors (Lipinski definition) is 4. The molecule has 1 N–H and O–H groups in total. The number of rotatable bonds is 7. The van der Waals surface area contributed by atoms with Crippen molar-refractivity contribution in [1.82, 2.24) is 9.80 Å². The van der Waals surface area contributed by atoms with Crippen LogP contribution in [0.25, 0.3) is 11.0 Å². The van der Waals surface area contributed by atoms with Gasteiger partial charge in [0.05, 0.1) is 19.1 Å². The van der Waals surface area contributed by atoms with Gasteiger partial charge in [0.1, 0.15) is 11.3 Å². The van der Waals surface area contributed by atoms with E-state index >= 15 is 0 Å². The van der Waals surface area contributed by atoms with Crippen molar-refractivity contribution in [1.29, 1.82) is 0 Å². The van der Waals surface area contributed by atoms with Crippen LogP contribution in [0.5, 0.6) is 0 Å². The van der Waals surface area contributed by atoms with Crippen LogP contribution in [0.4, 0.5) is 0 Å². The highest BCUT2D eigenvalue weighted by atomic mass is 16.4. The Hall–Kier alpha value is -2.34. The van der Waals surface area contributed by atoms with Crippen molar-refractivity contribution in [3.63, 3.8) is 0 Å². The Balaban J connectivity index is 2.09. The first-order valence-electron chi connectivity index (χ1n) is 7.99. The third-order valence-corrected chi connectivity index (χ3v) is 4.24. The van der Waals surface area contributed by atoms with Gasteiger partial charge in [-0.3, -0.25) is 14.5 Å². The molecule has 0 saturated carbocycles. The van der Waals surface area contributed by atoms with Gasteiger partial charge in [-0.05, 0) is 32.9 Å². The van der Waals surface area contributed by atoms with Crippen LogP contribution in [0.1, 0.15) is 32.6 Å². The average molecular weight is 332 g/mol. The van der Waals surface area contributed by atoms with E-state index in [9.17, 15) is 9.59 Å². The Morgan fingerprint density at radius 3 is 2.42 bits per heavy atom. The number of carboxylic acid groups (broad SMARTS) is 1. The lowest BCUT2D eigenvalue weighted by molar-refractivity contribution is -0.140. The van der Waals surface area contributed by atoms with E-state index in [1.54, 1.807) is 16.8 Å². The lowest BCUT2D eigenvalue weighted by atomic mass is 10.2. The highest BCUT2D eigenvalue weighted by Crippen LogP contribution is 2.26. The molecule has 0 aliphatic carbocycles. The first kappa shape index (κ1) is 18.0. The molecule has 6 heteroatoms. The fourth-order valence-electron chi connectivity index (χ4n) is 2.50. The van der Waals surface area contributed by atoms with Crippen LogP contribution >= 0.6 is 0 Å². The largest absolute Gasteiger partial charge is 0.480 e. The van der Waals surface area contributed by atoms with E-state index < -0.39 is 5.97 Å². The van der Waals surface area contributed by atoms with E-state index in [2.05, 4.69) is 0 Å². The van der Waals surface area contributed by atoms with Gasteiger partial charge in [0.15, 0.2) is 0 Å². The van der Waals surface area contributed by atoms with Crippen molar-refractivity contribution in [3.05, 3.63) is 36.1 Å². The molecule has 0 radical (unpaired) electrons. The summed E-state index contributed by atoms with van der Waals surface area (Å²) < 4.78 is 5.82. The maximum Gasteiger partial charge on any atom is 0.317 e. The van der Waals surface area contributed by atoms with Gasteiger partial charge in [-0.1, -0.05) is 18.2 Å². The Bertz CT molecular complexity index is 690. The zero-order valence-corrected chi connectivity index (χ0v) is 14.5. The number of amides is 1. The van der Waals surface area contributed by atoms with Crippen LogP contribution in [0.15, 0.2) is 34.7 Å². The first-order chi connectivity index (χ1) is 11.3. The second-order valence-electron chi connectivity index (χ2n) is 6.26. The molecular formula is C18H24N2O4. The molecule has 6 nitrogen and oxygen atoms in total. The highest BCUT2D eigenvalue weighted by Gasteiger charge is 2.24. The fraction of sp³-hybridized carbons (Fsp3) is 0.444. The third kappa shape index (κ3) is 4.14. The summed E-state index contributed by atoms with van der Waals surface area (Å²) in [6, 6.07) is 9.37. The second-order valence-corrected chi connectivity index (χ2v) is 6.26. The van der Waals surface area contributed by atoms with Crippen LogP contribution in [0, 0.1) is 0 Å². The zero-order valence-electron chi connectivity index (χ0n) is 14.5. The molecule has 1 aromatic heterocycles. The molecule has 2 rings (SSSR count). The van der Waals surface area contributed by atoms with Gasteiger partial charge in [0, 0.05) is 18.5 Å². The topological polar surface area (TPSA) is 74.0 Å². The van der Waals surface area contributed by atoms with Crippen molar-refractivity contribution < 1.29 is 19.1 Å². The lowest BCUT2D eigenvalue weighted by Gasteiger charge is -2.29. The minimum Gasteiger partial charge on any atom is -0.480 e. The van der Waals surface area contributed by atoms with Gasteiger partial charge in [0.25, 0.3) is 0 Å². The van der Waals surface area contributed by atoms with Gasteiger partial charge in [-0.15, -0.1) is 0 Å². The number of likely N-dealkylation sites (N-methyl/N-ethyl adjacent to an activating group) is 1. The van der Waals surface area contributed by atoms with E-state index in [-0.39, 0.29) is 31.1 Å². The van der Waals surface area contributed by atoms with Crippen molar-refractivity contribution in [2.45, 2.75) is 32.9 Å². The zero-order chi connectivity index (χ0) is 17.9. The quantitative estimate of drug-likeness (QED) is 0.844.